The highest BCUT2D eigenvalue weighted by Crippen LogP contribution is 2.29. The highest BCUT2D eigenvalue weighted by atomic mass is 16.5. The molecule has 1 saturated heterocycles. The topological polar surface area (TPSA) is 59.6 Å². The second-order valence-electron chi connectivity index (χ2n) is 6.41. The van der Waals surface area contributed by atoms with Crippen LogP contribution in [0.1, 0.15) is 50.4 Å². The van der Waals surface area contributed by atoms with Crippen molar-refractivity contribution in [2.45, 2.75) is 46.1 Å². The molecule has 2 rings (SSSR count). The third kappa shape index (κ3) is 5.13. The summed E-state index contributed by atoms with van der Waals surface area (Å²) in [7, 11) is 0. The molecule has 134 valence electrons. The van der Waals surface area contributed by atoms with Crippen LogP contribution in [0.15, 0.2) is 18.2 Å². The maximum Gasteiger partial charge on any atom is 0.251 e. The van der Waals surface area contributed by atoms with Gasteiger partial charge in [-0.3, -0.25) is 4.79 Å². The van der Waals surface area contributed by atoms with E-state index in [0.29, 0.717) is 36.2 Å². The Labute approximate surface area is 145 Å². The summed E-state index contributed by atoms with van der Waals surface area (Å²) in [6.45, 7) is 9.42. The lowest BCUT2D eigenvalue weighted by Gasteiger charge is -2.30. The number of hydrogen-bond acceptors (Lipinski definition) is 4. The molecule has 1 aliphatic rings. The van der Waals surface area contributed by atoms with Gasteiger partial charge < -0.3 is 20.1 Å². The molecule has 1 aromatic rings. The number of rotatable bonds is 8. The second kappa shape index (κ2) is 9.52. The Morgan fingerprint density at radius 2 is 1.92 bits per heavy atom. The SMILES string of the molecule is CCCOc1ccc(C(=O)NC2CCNCC2C)cc1OCCC. The van der Waals surface area contributed by atoms with E-state index in [1.54, 1.807) is 6.07 Å². The molecule has 2 unspecified atom stereocenters. The van der Waals surface area contributed by atoms with Gasteiger partial charge in [0.05, 0.1) is 13.2 Å². The zero-order valence-corrected chi connectivity index (χ0v) is 15.1. The number of piperidine rings is 1. The number of amides is 1. The zero-order valence-electron chi connectivity index (χ0n) is 15.1. The fraction of sp³-hybridized carbons (Fsp3) is 0.632. The molecule has 0 saturated carbocycles. The first-order valence-corrected chi connectivity index (χ1v) is 9.06. The highest BCUT2D eigenvalue weighted by Gasteiger charge is 2.23. The van der Waals surface area contributed by atoms with Gasteiger partial charge in [0.1, 0.15) is 0 Å². The summed E-state index contributed by atoms with van der Waals surface area (Å²) in [5.41, 5.74) is 0.621. The molecule has 1 fully saturated rings. The first-order valence-electron chi connectivity index (χ1n) is 9.06. The number of nitrogens with one attached hydrogen (secondary N) is 2. The highest BCUT2D eigenvalue weighted by molar-refractivity contribution is 5.95. The Balaban J connectivity index is 2.08. The molecule has 0 radical (unpaired) electrons. The summed E-state index contributed by atoms with van der Waals surface area (Å²) in [5.74, 6) is 1.75. The van der Waals surface area contributed by atoms with E-state index in [1.807, 2.05) is 12.1 Å². The van der Waals surface area contributed by atoms with Crippen LogP contribution in [0.2, 0.25) is 0 Å². The lowest BCUT2D eigenvalue weighted by atomic mass is 9.95. The lowest BCUT2D eigenvalue weighted by molar-refractivity contribution is 0.0913. The zero-order chi connectivity index (χ0) is 17.4. The summed E-state index contributed by atoms with van der Waals surface area (Å²) in [6.07, 6.45) is 2.81. The summed E-state index contributed by atoms with van der Waals surface area (Å²) >= 11 is 0. The van der Waals surface area contributed by atoms with Crippen LogP contribution in [-0.2, 0) is 0 Å². The Hall–Kier alpha value is -1.75. The van der Waals surface area contributed by atoms with Crippen LogP contribution in [-0.4, -0.2) is 38.3 Å². The van der Waals surface area contributed by atoms with Gasteiger partial charge in [-0.1, -0.05) is 20.8 Å². The average Bonchev–Trinajstić information content (AvgIpc) is 2.60. The monoisotopic (exact) mass is 334 g/mol. The minimum Gasteiger partial charge on any atom is -0.490 e. The second-order valence-corrected chi connectivity index (χ2v) is 6.41. The summed E-state index contributed by atoms with van der Waals surface area (Å²) < 4.78 is 11.5. The molecule has 0 aromatic heterocycles. The molecular weight excluding hydrogens is 304 g/mol. The van der Waals surface area contributed by atoms with Crippen LogP contribution < -0.4 is 20.1 Å². The molecule has 0 bridgehead atoms. The van der Waals surface area contributed by atoms with E-state index in [-0.39, 0.29) is 11.9 Å². The predicted molar refractivity (Wildman–Crippen MR) is 95.9 cm³/mol. The molecule has 2 N–H and O–H groups in total. The van der Waals surface area contributed by atoms with Gasteiger partial charge in [-0.05, 0) is 56.5 Å². The Bertz CT molecular complexity index is 533. The van der Waals surface area contributed by atoms with Crippen molar-refractivity contribution in [3.63, 3.8) is 0 Å². The first kappa shape index (κ1) is 18.6. The summed E-state index contributed by atoms with van der Waals surface area (Å²) in [6, 6.07) is 5.66. The molecule has 1 aromatic carbocycles. The van der Waals surface area contributed by atoms with Crippen molar-refractivity contribution < 1.29 is 14.3 Å². The van der Waals surface area contributed by atoms with Crippen LogP contribution >= 0.6 is 0 Å². The summed E-state index contributed by atoms with van der Waals surface area (Å²) in [4.78, 5) is 12.6. The van der Waals surface area contributed by atoms with Gasteiger partial charge in [0.15, 0.2) is 11.5 Å². The van der Waals surface area contributed by atoms with E-state index >= 15 is 0 Å². The maximum absolute atomic E-state index is 12.6. The minimum atomic E-state index is -0.0443. The third-order valence-corrected chi connectivity index (χ3v) is 4.23. The number of ether oxygens (including phenoxy) is 2. The van der Waals surface area contributed by atoms with Crippen molar-refractivity contribution in [3.8, 4) is 11.5 Å². The smallest absolute Gasteiger partial charge is 0.251 e. The Kier molecular flexibility index (Phi) is 7.37. The van der Waals surface area contributed by atoms with Gasteiger partial charge in [0.25, 0.3) is 5.91 Å². The van der Waals surface area contributed by atoms with Gasteiger partial charge in [-0.2, -0.15) is 0 Å². The normalized spacial score (nSPS) is 20.5. The number of carbonyl (C=O) groups excluding carboxylic acids is 1. The minimum absolute atomic E-state index is 0.0443. The molecular formula is C19H30N2O3. The fourth-order valence-electron chi connectivity index (χ4n) is 2.79. The molecule has 0 spiro atoms. The molecule has 1 amide bonds. The van der Waals surface area contributed by atoms with E-state index in [0.717, 1.165) is 32.4 Å². The Morgan fingerprint density at radius 3 is 2.58 bits per heavy atom. The van der Waals surface area contributed by atoms with Crippen molar-refractivity contribution in [2.24, 2.45) is 5.92 Å². The fourth-order valence-corrected chi connectivity index (χ4v) is 2.79. The summed E-state index contributed by atoms with van der Waals surface area (Å²) in [5, 5.41) is 6.50. The van der Waals surface area contributed by atoms with Crippen molar-refractivity contribution >= 4 is 5.91 Å². The van der Waals surface area contributed by atoms with Gasteiger partial charge in [-0.25, -0.2) is 0 Å². The largest absolute Gasteiger partial charge is 0.490 e. The van der Waals surface area contributed by atoms with Crippen LogP contribution in [0.4, 0.5) is 0 Å². The van der Waals surface area contributed by atoms with E-state index < -0.39 is 0 Å². The van der Waals surface area contributed by atoms with E-state index in [1.165, 1.54) is 0 Å². The lowest BCUT2D eigenvalue weighted by Crippen LogP contribution is -2.48. The average molecular weight is 334 g/mol. The standard InChI is InChI=1S/C19H30N2O3/c1-4-10-23-17-7-6-15(12-18(17)24-11-5-2)19(22)21-16-8-9-20-13-14(16)3/h6-7,12,14,16,20H,4-5,8-11,13H2,1-3H3,(H,21,22). The van der Waals surface area contributed by atoms with Crippen molar-refractivity contribution in [1.29, 1.82) is 0 Å². The van der Waals surface area contributed by atoms with Crippen molar-refractivity contribution in [2.75, 3.05) is 26.3 Å². The first-order chi connectivity index (χ1) is 11.7. The molecule has 5 heteroatoms. The molecule has 2 atom stereocenters. The molecule has 0 aliphatic carbocycles. The molecule has 1 aliphatic heterocycles. The molecule has 1 heterocycles. The van der Waals surface area contributed by atoms with Crippen LogP contribution in [0.5, 0.6) is 11.5 Å². The van der Waals surface area contributed by atoms with Crippen molar-refractivity contribution in [3.05, 3.63) is 23.8 Å². The van der Waals surface area contributed by atoms with Crippen LogP contribution in [0.3, 0.4) is 0 Å². The number of benzene rings is 1. The Morgan fingerprint density at radius 1 is 1.21 bits per heavy atom. The number of hydrogen-bond donors (Lipinski definition) is 2. The van der Waals surface area contributed by atoms with Crippen LogP contribution in [0.25, 0.3) is 0 Å². The number of carbonyl (C=O) groups is 1. The van der Waals surface area contributed by atoms with Crippen LogP contribution in [0, 0.1) is 5.92 Å². The maximum atomic E-state index is 12.6. The van der Waals surface area contributed by atoms with Gasteiger partial charge in [0, 0.05) is 11.6 Å². The molecule has 24 heavy (non-hydrogen) atoms. The predicted octanol–water partition coefficient (Wildman–Crippen LogP) is 2.99. The molecule has 5 nitrogen and oxygen atoms in total. The van der Waals surface area contributed by atoms with E-state index in [9.17, 15) is 4.79 Å². The van der Waals surface area contributed by atoms with Gasteiger partial charge >= 0.3 is 0 Å². The van der Waals surface area contributed by atoms with E-state index in [2.05, 4.69) is 31.4 Å². The van der Waals surface area contributed by atoms with Crippen molar-refractivity contribution in [1.82, 2.24) is 10.6 Å². The van der Waals surface area contributed by atoms with E-state index in [4.69, 9.17) is 9.47 Å². The van der Waals surface area contributed by atoms with Gasteiger partial charge in [0.2, 0.25) is 0 Å². The third-order valence-electron chi connectivity index (χ3n) is 4.23. The van der Waals surface area contributed by atoms with Gasteiger partial charge in [-0.15, -0.1) is 0 Å². The quantitative estimate of drug-likeness (QED) is 0.767.